The molecule has 0 saturated carbocycles. The number of aromatic amines is 1. The minimum atomic E-state index is -0.283. The van der Waals surface area contributed by atoms with Crippen LogP contribution in [0.15, 0.2) is 21.9 Å². The standard InChI is InChI=1S/C17H24N6O2/c1-21-15(8-16(24)22(2)17(21)25)23-7-6-11(10-23)19-13-4-3-5-14-12(13)9-18-20-14/h8-9,11,13,19H,3-7,10H2,1-2H3,(H,18,20)/t11-,13?/m0/s1. The number of anilines is 1. The molecule has 8 heteroatoms. The van der Waals surface area contributed by atoms with E-state index in [0.29, 0.717) is 17.9 Å². The maximum Gasteiger partial charge on any atom is 0.332 e. The Morgan fingerprint density at radius 3 is 2.92 bits per heavy atom. The SMILES string of the molecule is Cn1c(N2CC[C@H](NC3CCCc4[nH]ncc43)C2)cc(=O)n(C)c1=O. The van der Waals surface area contributed by atoms with Crippen LogP contribution in [0, 0.1) is 0 Å². The number of nitrogens with zero attached hydrogens (tertiary/aromatic N) is 4. The van der Waals surface area contributed by atoms with E-state index in [4.69, 9.17) is 0 Å². The minimum Gasteiger partial charge on any atom is -0.356 e. The van der Waals surface area contributed by atoms with Gasteiger partial charge in [-0.1, -0.05) is 0 Å². The van der Waals surface area contributed by atoms with Crippen molar-refractivity contribution in [1.29, 1.82) is 0 Å². The average molecular weight is 344 g/mol. The maximum absolute atomic E-state index is 12.1. The summed E-state index contributed by atoms with van der Waals surface area (Å²) >= 11 is 0. The molecule has 8 nitrogen and oxygen atoms in total. The fourth-order valence-corrected chi connectivity index (χ4v) is 4.05. The van der Waals surface area contributed by atoms with Crippen LogP contribution in [-0.2, 0) is 20.5 Å². The van der Waals surface area contributed by atoms with E-state index in [9.17, 15) is 9.59 Å². The number of hydrogen-bond acceptors (Lipinski definition) is 5. The van der Waals surface area contributed by atoms with E-state index in [2.05, 4.69) is 20.4 Å². The molecule has 2 aliphatic rings. The van der Waals surface area contributed by atoms with E-state index >= 15 is 0 Å². The topological polar surface area (TPSA) is 87.9 Å². The van der Waals surface area contributed by atoms with Crippen LogP contribution in [0.3, 0.4) is 0 Å². The van der Waals surface area contributed by atoms with Crippen LogP contribution in [0.25, 0.3) is 0 Å². The summed E-state index contributed by atoms with van der Waals surface area (Å²) in [5.74, 6) is 0.699. The zero-order valence-electron chi connectivity index (χ0n) is 14.7. The van der Waals surface area contributed by atoms with E-state index in [1.807, 2.05) is 6.20 Å². The van der Waals surface area contributed by atoms with E-state index < -0.39 is 0 Å². The molecule has 2 aromatic heterocycles. The molecule has 0 amide bonds. The number of aromatic nitrogens is 4. The number of nitrogens with one attached hydrogen (secondary N) is 2. The molecule has 1 unspecified atom stereocenters. The van der Waals surface area contributed by atoms with Crippen molar-refractivity contribution in [2.45, 2.75) is 37.8 Å². The second-order valence-electron chi connectivity index (χ2n) is 7.09. The number of H-pyrrole nitrogens is 1. The molecule has 0 bridgehead atoms. The molecule has 0 radical (unpaired) electrons. The monoisotopic (exact) mass is 344 g/mol. The predicted molar refractivity (Wildman–Crippen MR) is 94.9 cm³/mol. The quantitative estimate of drug-likeness (QED) is 0.822. The first kappa shape index (κ1) is 16.1. The van der Waals surface area contributed by atoms with E-state index in [0.717, 1.165) is 43.3 Å². The summed E-state index contributed by atoms with van der Waals surface area (Å²) in [4.78, 5) is 26.2. The first-order valence-electron chi connectivity index (χ1n) is 8.85. The molecule has 2 atom stereocenters. The van der Waals surface area contributed by atoms with Crippen molar-refractivity contribution in [3.8, 4) is 0 Å². The zero-order valence-corrected chi connectivity index (χ0v) is 14.7. The summed E-state index contributed by atoms with van der Waals surface area (Å²) in [5.41, 5.74) is 1.98. The first-order valence-corrected chi connectivity index (χ1v) is 8.85. The highest BCUT2D eigenvalue weighted by atomic mass is 16.2. The molecule has 0 spiro atoms. The Morgan fingerprint density at radius 2 is 2.08 bits per heavy atom. The molecule has 0 aromatic carbocycles. The van der Waals surface area contributed by atoms with Crippen LogP contribution in [0.1, 0.15) is 36.6 Å². The van der Waals surface area contributed by atoms with Gasteiger partial charge in [0.15, 0.2) is 0 Å². The third-order valence-electron chi connectivity index (χ3n) is 5.50. The lowest BCUT2D eigenvalue weighted by Crippen LogP contribution is -2.41. The molecule has 134 valence electrons. The van der Waals surface area contributed by atoms with Crippen molar-refractivity contribution in [3.05, 3.63) is 44.4 Å². The van der Waals surface area contributed by atoms with Crippen molar-refractivity contribution in [1.82, 2.24) is 24.6 Å². The van der Waals surface area contributed by atoms with E-state index in [1.165, 1.54) is 18.3 Å². The highest BCUT2D eigenvalue weighted by Gasteiger charge is 2.29. The van der Waals surface area contributed by atoms with Gasteiger partial charge in [-0.15, -0.1) is 0 Å². The Bertz CT molecular complexity index is 895. The summed E-state index contributed by atoms with van der Waals surface area (Å²) in [6.07, 6.45) is 6.27. The Morgan fingerprint density at radius 1 is 1.24 bits per heavy atom. The predicted octanol–water partition coefficient (Wildman–Crippen LogP) is 0.0530. The molecule has 4 rings (SSSR count). The van der Waals surface area contributed by atoms with Crippen LogP contribution < -0.4 is 21.5 Å². The Hall–Kier alpha value is -2.35. The fraction of sp³-hybridized carbons (Fsp3) is 0.588. The number of aryl methyl sites for hydroxylation is 1. The van der Waals surface area contributed by atoms with Crippen LogP contribution in [-0.4, -0.2) is 38.5 Å². The van der Waals surface area contributed by atoms with E-state index in [1.54, 1.807) is 17.7 Å². The van der Waals surface area contributed by atoms with Crippen molar-refractivity contribution < 1.29 is 0 Å². The summed E-state index contributed by atoms with van der Waals surface area (Å²) in [6.45, 7) is 1.63. The lowest BCUT2D eigenvalue weighted by Gasteiger charge is -2.27. The highest BCUT2D eigenvalue weighted by Crippen LogP contribution is 2.29. The smallest absolute Gasteiger partial charge is 0.332 e. The Labute approximate surface area is 145 Å². The molecule has 2 aromatic rings. The summed E-state index contributed by atoms with van der Waals surface area (Å²) in [6, 6.07) is 2.23. The lowest BCUT2D eigenvalue weighted by molar-refractivity contribution is 0.408. The molecule has 1 aliphatic heterocycles. The number of fused-ring (bicyclic) bond motifs is 1. The summed E-state index contributed by atoms with van der Waals surface area (Å²) in [7, 11) is 3.23. The van der Waals surface area contributed by atoms with Gasteiger partial charge in [0.1, 0.15) is 5.82 Å². The molecular weight excluding hydrogens is 320 g/mol. The molecule has 25 heavy (non-hydrogen) atoms. The fourth-order valence-electron chi connectivity index (χ4n) is 4.05. The van der Waals surface area contributed by atoms with Gasteiger partial charge in [0.25, 0.3) is 5.56 Å². The number of rotatable bonds is 3. The highest BCUT2D eigenvalue weighted by molar-refractivity contribution is 5.40. The van der Waals surface area contributed by atoms with Gasteiger partial charge in [-0.25, -0.2) is 4.79 Å². The lowest BCUT2D eigenvalue weighted by atomic mass is 9.92. The van der Waals surface area contributed by atoms with Gasteiger partial charge in [-0.05, 0) is 25.7 Å². The molecule has 1 fully saturated rings. The zero-order chi connectivity index (χ0) is 17.6. The Balaban J connectivity index is 1.50. The minimum absolute atomic E-state index is 0.259. The van der Waals surface area contributed by atoms with Gasteiger partial charge < -0.3 is 10.2 Å². The second kappa shape index (κ2) is 6.18. The molecule has 3 heterocycles. The summed E-state index contributed by atoms with van der Waals surface area (Å²) in [5, 5.41) is 11.0. The molecule has 2 N–H and O–H groups in total. The van der Waals surface area contributed by atoms with Crippen LogP contribution in [0.4, 0.5) is 5.82 Å². The molecule has 1 aliphatic carbocycles. The normalized spacial score (nSPS) is 23.0. The van der Waals surface area contributed by atoms with Crippen molar-refractivity contribution in [2.75, 3.05) is 18.0 Å². The van der Waals surface area contributed by atoms with Gasteiger partial charge >= 0.3 is 5.69 Å². The second-order valence-corrected chi connectivity index (χ2v) is 7.09. The number of hydrogen-bond donors (Lipinski definition) is 2. The third-order valence-corrected chi connectivity index (χ3v) is 5.50. The van der Waals surface area contributed by atoms with Gasteiger partial charge in [0.05, 0.1) is 6.20 Å². The van der Waals surface area contributed by atoms with Crippen LogP contribution in [0.5, 0.6) is 0 Å². The van der Waals surface area contributed by atoms with Crippen LogP contribution >= 0.6 is 0 Å². The first-order chi connectivity index (χ1) is 12.0. The summed E-state index contributed by atoms with van der Waals surface area (Å²) < 4.78 is 2.69. The van der Waals surface area contributed by atoms with Gasteiger partial charge in [0.2, 0.25) is 0 Å². The average Bonchev–Trinajstić information content (AvgIpc) is 3.26. The largest absolute Gasteiger partial charge is 0.356 e. The van der Waals surface area contributed by atoms with Crippen molar-refractivity contribution >= 4 is 5.82 Å². The Kier molecular flexibility index (Phi) is 3.99. The van der Waals surface area contributed by atoms with E-state index in [-0.39, 0.29) is 11.2 Å². The molecule has 1 saturated heterocycles. The third kappa shape index (κ3) is 2.80. The van der Waals surface area contributed by atoms with Crippen LogP contribution in [0.2, 0.25) is 0 Å². The van der Waals surface area contributed by atoms with Gasteiger partial charge in [-0.2, -0.15) is 5.10 Å². The van der Waals surface area contributed by atoms with Crippen molar-refractivity contribution in [2.24, 2.45) is 14.1 Å². The van der Waals surface area contributed by atoms with Gasteiger partial charge in [0, 0.05) is 56.6 Å². The maximum atomic E-state index is 12.1. The molecular formula is C17H24N6O2. The van der Waals surface area contributed by atoms with Gasteiger partial charge in [-0.3, -0.25) is 19.0 Å². The van der Waals surface area contributed by atoms with Crippen molar-refractivity contribution in [3.63, 3.8) is 0 Å².